The molecule has 1 aromatic heterocycles. The van der Waals surface area contributed by atoms with Crippen LogP contribution < -0.4 is 38.5 Å². The number of aromatic carboxylic acids is 1. The third-order valence-electron chi connectivity index (χ3n) is 17.2. The van der Waals surface area contributed by atoms with Crippen LogP contribution in [0, 0.1) is 0 Å². The number of urea groups is 2. The number of likely N-dealkylation sites (tertiary alicyclic amines) is 3. The quantitative estimate of drug-likeness (QED) is 0.0121. The lowest BCUT2D eigenvalue weighted by Crippen LogP contribution is -2.56. The molecule has 32 nitrogen and oxygen atoms in total. The van der Waals surface area contributed by atoms with E-state index in [2.05, 4.69) is 81.4 Å². The van der Waals surface area contributed by atoms with E-state index in [-0.39, 0.29) is 56.8 Å². The molecule has 0 radical (unpaired) electrons. The predicted molar refractivity (Wildman–Crippen MR) is 396 cm³/mol. The highest BCUT2D eigenvalue weighted by Gasteiger charge is 2.40. The number of amides is 9. The maximum atomic E-state index is 13.0. The third kappa shape index (κ3) is 23.4. The third-order valence-corrected chi connectivity index (χ3v) is 17.2. The summed E-state index contributed by atoms with van der Waals surface area (Å²) in [6.07, 6.45) is 6.76. The number of esters is 2. The highest BCUT2D eigenvalue weighted by atomic mass is 16.6. The van der Waals surface area contributed by atoms with Gasteiger partial charge in [0.25, 0.3) is 5.91 Å². The van der Waals surface area contributed by atoms with Crippen molar-refractivity contribution in [1.29, 1.82) is 0 Å². The highest BCUT2D eigenvalue weighted by molar-refractivity contribution is 6.06. The van der Waals surface area contributed by atoms with E-state index < -0.39 is 102 Å². The lowest BCUT2D eigenvalue weighted by Gasteiger charge is -2.29. The van der Waals surface area contributed by atoms with Gasteiger partial charge in [-0.2, -0.15) is 0 Å². The Morgan fingerprint density at radius 1 is 0.613 bits per heavy atom. The standard InChI is InChI=1S/C26H29N3O5.C22H25N5O6.C13H23N5O4.C11H8O2.CH6N2.CH4/c1-27-15-17(14-24(30)33-2)28-25(31)23-12-7-13-29(23)26(32)34-16-22-20-10-5-3-8-18(20)19-9-4-6-11-21(19)22;1-13(28)16(12-18(29)30)24-20(31)17-8-5-11-27(17)22(33)26(2)25-21(32)19-15-7-4-3-6-14(15)9-10-23-19;1-15-8-9(7-11(19)22-3)16-12(20)10-5-4-6-18(10)13(21)17(2)14;12-11(13)10-7-3-5-8-4-1-2-6-9(8)10;1-3-2;/h3-6,8-11,15,17,22-23H,7,12-14,16H2,1-2H3,(H,28,31);3-4,6-7,9-10,16-17H,5,8,11-12H2,1-2H3,(H,24,31)(H,25,32)(H,29,30);8-10H,4-7,14H2,1-3H3,(H,16,20);1-7H,(H,12,13);3H,2H2,1H3;1H4/t17-,23-;16-,17-;9-,10-;;;/m000.../s1. The van der Waals surface area contributed by atoms with E-state index >= 15 is 0 Å². The van der Waals surface area contributed by atoms with Gasteiger partial charge in [0.15, 0.2) is 5.78 Å². The molecule has 10 rings (SSSR count). The maximum absolute atomic E-state index is 13.0. The number of carbonyl (C=O) groups excluding carboxylic acids is 10. The van der Waals surface area contributed by atoms with Gasteiger partial charge in [-0.05, 0) is 103 Å². The number of hydrogen-bond acceptors (Lipinski definition) is 21. The first-order valence-corrected chi connectivity index (χ1v) is 33.6. The molecule has 9 amide bonds. The molecule has 6 aromatic rings. The first-order chi connectivity index (χ1) is 50.3. The second-order valence-electron chi connectivity index (χ2n) is 24.4. The number of hydrogen-bond donors (Lipinski definition) is 9. The van der Waals surface area contributed by atoms with E-state index in [0.717, 1.165) is 54.9 Å². The van der Waals surface area contributed by atoms with Crippen LogP contribution >= 0.6 is 0 Å². The van der Waals surface area contributed by atoms with Crippen LogP contribution in [0.1, 0.15) is 110 Å². The number of nitrogens with zero attached hydrogens (tertiary/aromatic N) is 8. The Morgan fingerprint density at radius 2 is 1.06 bits per heavy atom. The zero-order valence-corrected chi connectivity index (χ0v) is 59.8. The van der Waals surface area contributed by atoms with Crippen molar-refractivity contribution in [3.05, 3.63) is 150 Å². The smallest absolute Gasteiger partial charge is 0.410 e. The lowest BCUT2D eigenvalue weighted by atomic mass is 9.98. The van der Waals surface area contributed by atoms with Gasteiger partial charge >= 0.3 is 42.0 Å². The van der Waals surface area contributed by atoms with Crippen LogP contribution in [0.15, 0.2) is 138 Å². The molecule has 3 fully saturated rings. The summed E-state index contributed by atoms with van der Waals surface area (Å²) in [4.78, 5) is 161. The molecule has 0 spiro atoms. The Kier molecular flexibility index (Phi) is 33.7. The molecule has 5 aromatic carbocycles. The molecule has 3 saturated heterocycles. The number of methoxy groups -OCH3 is 2. The van der Waals surface area contributed by atoms with E-state index in [4.69, 9.17) is 20.8 Å². The van der Waals surface area contributed by atoms with Crippen molar-refractivity contribution in [2.24, 2.45) is 21.7 Å². The van der Waals surface area contributed by atoms with E-state index in [1.807, 2.05) is 66.7 Å². The number of nitrogens with one attached hydrogen (secondary N) is 5. The fourth-order valence-corrected chi connectivity index (χ4v) is 12.3. The number of carboxylic acid groups (broad SMARTS) is 2. The molecule has 4 aliphatic rings. The molecule has 1 aliphatic carbocycles. The van der Waals surface area contributed by atoms with E-state index in [9.17, 15) is 57.5 Å². The number of ketones is 1. The van der Waals surface area contributed by atoms with E-state index in [1.54, 1.807) is 51.5 Å². The van der Waals surface area contributed by atoms with Crippen molar-refractivity contribution in [2.45, 2.75) is 114 Å². The van der Waals surface area contributed by atoms with Gasteiger partial charge < -0.3 is 50.2 Å². The van der Waals surface area contributed by atoms with Gasteiger partial charge in [0.1, 0.15) is 30.4 Å². The number of nitrogens with two attached hydrogens (primary N) is 2. The first kappa shape index (κ1) is 84.9. The number of hydrazine groups is 3. The minimum atomic E-state index is -1.22. The number of aromatic nitrogens is 1. The van der Waals surface area contributed by atoms with Crippen LogP contribution in [0.5, 0.6) is 0 Å². The van der Waals surface area contributed by atoms with Crippen LogP contribution in [0.3, 0.4) is 0 Å². The summed E-state index contributed by atoms with van der Waals surface area (Å²) in [5.41, 5.74) is 9.84. The van der Waals surface area contributed by atoms with Crippen molar-refractivity contribution in [3.8, 4) is 11.1 Å². The van der Waals surface area contributed by atoms with Gasteiger partial charge in [-0.15, -0.1) is 0 Å². The van der Waals surface area contributed by atoms with Gasteiger partial charge in [0, 0.05) is 77.8 Å². The molecule has 0 unspecified atom stereocenters. The van der Waals surface area contributed by atoms with Crippen LogP contribution in [0.2, 0.25) is 0 Å². The number of rotatable bonds is 19. The molecule has 106 heavy (non-hydrogen) atoms. The van der Waals surface area contributed by atoms with Gasteiger partial charge in [-0.3, -0.25) is 79.9 Å². The largest absolute Gasteiger partial charge is 0.481 e. The van der Waals surface area contributed by atoms with Crippen molar-refractivity contribution >= 4 is 105 Å². The Morgan fingerprint density at radius 3 is 1.54 bits per heavy atom. The molecule has 4 heterocycles. The van der Waals surface area contributed by atoms with Gasteiger partial charge in [-0.25, -0.2) is 30.0 Å². The Hall–Kier alpha value is -11.8. The second kappa shape index (κ2) is 42.1. The van der Waals surface area contributed by atoms with E-state index in [1.165, 1.54) is 68.6 Å². The monoisotopic (exact) mass is 1470 g/mol. The molecule has 32 heteroatoms. The van der Waals surface area contributed by atoms with Gasteiger partial charge in [0.2, 0.25) is 17.7 Å². The van der Waals surface area contributed by atoms with Crippen LogP contribution in [-0.2, 0) is 47.8 Å². The average molecular weight is 1470 g/mol. The summed E-state index contributed by atoms with van der Waals surface area (Å²) in [7, 11) is 10.1. The molecule has 568 valence electrons. The SMILES string of the molecule is C.CC(=O)[C@H](CC(=O)O)NC(=O)[C@@H]1CCCN1C(=O)N(C)NC(=O)c1nccc2ccccc12.CN=C[C@H](CC(=O)OC)NC(=O)[C@@H]1CCCN1C(=O)N(C)N.CN=C[C@H](CC(=O)OC)NC(=O)[C@@H]1CCCN1C(=O)OCC1c2ccccc2-c2ccccc21.CNN.O=C(O)c1cccc2ccccc12. The molecule has 0 saturated carbocycles. The number of carbonyl (C=O) groups is 12. The Labute approximate surface area is 614 Å². The van der Waals surface area contributed by atoms with Crippen LogP contribution in [0.25, 0.3) is 32.7 Å². The molecular weight excluding hydrogens is 1370 g/mol. The number of fused-ring (bicyclic) bond motifs is 5. The number of pyridine rings is 1. The number of carboxylic acids is 2. The first-order valence-electron chi connectivity index (χ1n) is 33.6. The summed E-state index contributed by atoms with van der Waals surface area (Å²) in [5.74, 6) is 4.63. The molecule has 11 N–H and O–H groups in total. The van der Waals surface area contributed by atoms with Crippen molar-refractivity contribution in [2.75, 3.05) is 75.7 Å². The predicted octanol–water partition coefficient (Wildman–Crippen LogP) is 5.47. The molecule has 3 aliphatic heterocycles. The number of Topliss-reactive ketones (excluding diaryl/α,β-unsaturated/α-hetero) is 1. The number of benzene rings is 5. The number of aliphatic carboxylic acids is 1. The second-order valence-corrected chi connectivity index (χ2v) is 24.4. The highest BCUT2D eigenvalue weighted by Crippen LogP contribution is 2.44. The summed E-state index contributed by atoms with van der Waals surface area (Å²) < 4.78 is 15.0. The Balaban J connectivity index is 0.000000261. The van der Waals surface area contributed by atoms with Gasteiger partial charge in [0.05, 0.1) is 57.2 Å². The zero-order chi connectivity index (χ0) is 76.9. The minimum Gasteiger partial charge on any atom is -0.481 e. The Bertz CT molecular complexity index is 4080. The number of ether oxygens (including phenoxy) is 3. The van der Waals surface area contributed by atoms with Crippen LogP contribution in [-0.4, -0.2) is 236 Å². The average Bonchev–Trinajstić information content (AvgIpc) is 1.61. The molecule has 0 bridgehead atoms. The molecule has 6 atom stereocenters. The fourth-order valence-electron chi connectivity index (χ4n) is 12.3. The van der Waals surface area contributed by atoms with E-state index in [0.29, 0.717) is 56.1 Å². The fraction of sp³-hybridized carbons (Fsp3) is 0.392. The van der Waals surface area contributed by atoms with Crippen LogP contribution in [0.4, 0.5) is 14.4 Å². The van der Waals surface area contributed by atoms with Crippen molar-refractivity contribution in [3.63, 3.8) is 0 Å². The summed E-state index contributed by atoms with van der Waals surface area (Å²) in [6, 6.07) is 32.5. The lowest BCUT2D eigenvalue weighted by molar-refractivity contribution is -0.142. The normalized spacial score (nSPS) is 16.1. The maximum Gasteiger partial charge on any atom is 0.410 e. The summed E-state index contributed by atoms with van der Waals surface area (Å²) >= 11 is 0. The van der Waals surface area contributed by atoms with Gasteiger partial charge in [-0.1, -0.05) is 117 Å². The summed E-state index contributed by atoms with van der Waals surface area (Å²) in [6.45, 7) is 2.58. The van der Waals surface area contributed by atoms with Crippen molar-refractivity contribution < 1.29 is 82.0 Å². The zero-order valence-electron chi connectivity index (χ0n) is 59.8. The minimum absolute atomic E-state index is 0. The van der Waals surface area contributed by atoms with Crippen molar-refractivity contribution in [1.82, 2.24) is 56.5 Å². The topological polar surface area (TPSA) is 439 Å². The molecular formula is C74H95N15O17. The summed E-state index contributed by atoms with van der Waals surface area (Å²) in [5, 5.41) is 30.9. The number of aliphatic imine (C=N–C) groups is 2.